The van der Waals surface area contributed by atoms with E-state index in [1.807, 2.05) is 48.7 Å². The fourth-order valence-corrected chi connectivity index (χ4v) is 4.66. The van der Waals surface area contributed by atoms with E-state index in [1.54, 1.807) is 11.8 Å². The minimum Gasteiger partial charge on any atom is -0.349 e. The Morgan fingerprint density at radius 1 is 1.00 bits per heavy atom. The van der Waals surface area contributed by atoms with E-state index in [0.29, 0.717) is 5.71 Å². The van der Waals surface area contributed by atoms with E-state index in [1.165, 1.54) is 5.56 Å². The third kappa shape index (κ3) is 4.05. The van der Waals surface area contributed by atoms with Crippen molar-refractivity contribution in [3.63, 3.8) is 0 Å². The first-order valence-corrected chi connectivity index (χ1v) is 11.0. The molecule has 0 bridgehead atoms. The zero-order valence-electron chi connectivity index (χ0n) is 17.1. The number of allylic oxidation sites excluding steroid dienone is 5. The number of aryl methyl sites for hydroxylation is 1. The highest BCUT2D eigenvalue weighted by Gasteiger charge is 2.25. The van der Waals surface area contributed by atoms with Crippen molar-refractivity contribution >= 4 is 28.1 Å². The lowest BCUT2D eigenvalue weighted by Crippen LogP contribution is -2.11. The van der Waals surface area contributed by atoms with Crippen LogP contribution >= 0.6 is 11.8 Å². The fourth-order valence-electron chi connectivity index (χ4n) is 3.60. The highest BCUT2D eigenvalue weighted by molar-refractivity contribution is 8.12. The summed E-state index contributed by atoms with van der Waals surface area (Å²) in [5, 5.41) is 12.8. The van der Waals surface area contributed by atoms with Gasteiger partial charge in [-0.25, -0.2) is 4.98 Å². The Kier molecular flexibility index (Phi) is 5.18. The maximum Gasteiger partial charge on any atom is 0.146 e. The molecule has 2 heterocycles. The first-order chi connectivity index (χ1) is 15.2. The summed E-state index contributed by atoms with van der Waals surface area (Å²) in [6, 6.07) is 18.7. The van der Waals surface area contributed by atoms with Crippen molar-refractivity contribution in [2.45, 2.75) is 6.92 Å². The van der Waals surface area contributed by atoms with E-state index in [2.05, 4.69) is 59.7 Å². The first kappa shape index (κ1) is 19.4. The van der Waals surface area contributed by atoms with Crippen molar-refractivity contribution in [2.75, 3.05) is 0 Å². The highest BCUT2D eigenvalue weighted by atomic mass is 32.2. The van der Waals surface area contributed by atoms with Gasteiger partial charge >= 0.3 is 0 Å². The van der Waals surface area contributed by atoms with Gasteiger partial charge in [-0.2, -0.15) is 0 Å². The number of H-pyrrole nitrogens is 1. The quantitative estimate of drug-likeness (QED) is 0.472. The van der Waals surface area contributed by atoms with Gasteiger partial charge in [0, 0.05) is 11.6 Å². The third-order valence-corrected chi connectivity index (χ3v) is 6.36. The number of hydrogen-bond donors (Lipinski definition) is 3. The van der Waals surface area contributed by atoms with Crippen LogP contribution in [0.4, 0.5) is 0 Å². The molecule has 0 amide bonds. The van der Waals surface area contributed by atoms with Crippen molar-refractivity contribution in [3.05, 3.63) is 113 Å². The van der Waals surface area contributed by atoms with Crippen molar-refractivity contribution in [1.29, 1.82) is 5.41 Å². The molecule has 152 valence electrons. The van der Waals surface area contributed by atoms with Gasteiger partial charge in [0.1, 0.15) is 5.82 Å². The summed E-state index contributed by atoms with van der Waals surface area (Å²) in [6.07, 6.45) is 11.8. The van der Waals surface area contributed by atoms with Gasteiger partial charge in [0.25, 0.3) is 0 Å². The van der Waals surface area contributed by atoms with Crippen LogP contribution in [0.15, 0.2) is 96.2 Å². The molecule has 5 heteroatoms. The zero-order chi connectivity index (χ0) is 21.2. The molecule has 0 saturated carbocycles. The molecule has 1 aromatic heterocycles. The SMILES string of the molecule is Cc1ccc(C2=C(c3ncc(-c4ccccc4)[nH]3)SC(=CC3C=CC=CC3=N)N2)cc1. The average molecular weight is 423 g/mol. The van der Waals surface area contributed by atoms with E-state index in [4.69, 9.17) is 10.4 Å². The lowest BCUT2D eigenvalue weighted by molar-refractivity contribution is 1.07. The molecule has 2 aliphatic rings. The average Bonchev–Trinajstić information content (AvgIpc) is 3.44. The molecule has 1 atom stereocenters. The van der Waals surface area contributed by atoms with Crippen LogP contribution < -0.4 is 5.32 Å². The summed E-state index contributed by atoms with van der Waals surface area (Å²) in [5.41, 5.74) is 6.07. The Bertz CT molecular complexity index is 1240. The van der Waals surface area contributed by atoms with Crippen LogP contribution in [0.3, 0.4) is 0 Å². The van der Waals surface area contributed by atoms with E-state index in [-0.39, 0.29) is 5.92 Å². The van der Waals surface area contributed by atoms with Crippen LogP contribution in [-0.4, -0.2) is 15.7 Å². The minimum atomic E-state index is -0.0323. The van der Waals surface area contributed by atoms with Crippen molar-refractivity contribution < 1.29 is 0 Å². The second-order valence-electron chi connectivity index (χ2n) is 7.56. The molecular formula is C26H22N4S. The zero-order valence-corrected chi connectivity index (χ0v) is 17.9. The van der Waals surface area contributed by atoms with E-state index in [9.17, 15) is 0 Å². The van der Waals surface area contributed by atoms with Gasteiger partial charge in [0.05, 0.1) is 27.5 Å². The summed E-state index contributed by atoms with van der Waals surface area (Å²) < 4.78 is 0. The van der Waals surface area contributed by atoms with Crippen molar-refractivity contribution in [2.24, 2.45) is 5.92 Å². The van der Waals surface area contributed by atoms with Crippen LogP contribution in [0.5, 0.6) is 0 Å². The predicted octanol–water partition coefficient (Wildman–Crippen LogP) is 6.15. The molecular weight excluding hydrogens is 400 g/mol. The van der Waals surface area contributed by atoms with E-state index >= 15 is 0 Å². The topological polar surface area (TPSA) is 64.6 Å². The van der Waals surface area contributed by atoms with Gasteiger partial charge in [-0.3, -0.25) is 0 Å². The Morgan fingerprint density at radius 3 is 2.58 bits per heavy atom. The molecule has 0 saturated heterocycles. The summed E-state index contributed by atoms with van der Waals surface area (Å²) in [5.74, 6) is 0.805. The number of benzene rings is 2. The van der Waals surface area contributed by atoms with E-state index in [0.717, 1.165) is 38.3 Å². The van der Waals surface area contributed by atoms with Crippen molar-refractivity contribution in [1.82, 2.24) is 15.3 Å². The number of imidazole rings is 1. The predicted molar refractivity (Wildman–Crippen MR) is 130 cm³/mol. The van der Waals surface area contributed by atoms with Gasteiger partial charge in [-0.05, 0) is 30.2 Å². The van der Waals surface area contributed by atoms with Crippen LogP contribution in [0.1, 0.15) is 17.0 Å². The van der Waals surface area contributed by atoms with Gasteiger partial charge in [0.15, 0.2) is 0 Å². The van der Waals surface area contributed by atoms with Crippen LogP contribution in [-0.2, 0) is 0 Å². The number of rotatable bonds is 4. The van der Waals surface area contributed by atoms with Gasteiger partial charge < -0.3 is 15.7 Å². The molecule has 0 fully saturated rings. The molecule has 2 aromatic carbocycles. The number of thioether (sulfide) groups is 1. The second kappa shape index (κ2) is 8.28. The number of hydrogen-bond acceptors (Lipinski definition) is 4. The van der Waals surface area contributed by atoms with Gasteiger partial charge in [0.2, 0.25) is 0 Å². The lowest BCUT2D eigenvalue weighted by atomic mass is 9.99. The standard InChI is InChI=1S/C26H22N4S/c1-17-11-13-19(14-12-17)24-25(26-28-16-22(29-26)18-7-3-2-4-8-18)31-23(30-24)15-20-9-5-6-10-21(20)27/h2-16,20,27,30H,1H3,(H,28,29). The largest absolute Gasteiger partial charge is 0.349 e. The van der Waals surface area contributed by atoms with Crippen LogP contribution in [0.2, 0.25) is 0 Å². The molecule has 3 N–H and O–H groups in total. The molecule has 4 nitrogen and oxygen atoms in total. The highest BCUT2D eigenvalue weighted by Crippen LogP contribution is 2.44. The van der Waals surface area contributed by atoms with Crippen molar-refractivity contribution in [3.8, 4) is 11.3 Å². The molecule has 3 aromatic rings. The van der Waals surface area contributed by atoms with Gasteiger partial charge in [-0.15, -0.1) is 0 Å². The Balaban J connectivity index is 1.52. The fraction of sp³-hybridized carbons (Fsp3) is 0.0769. The monoisotopic (exact) mass is 422 g/mol. The molecule has 1 aliphatic carbocycles. The maximum absolute atomic E-state index is 8.21. The molecule has 1 aliphatic heterocycles. The first-order valence-electron chi connectivity index (χ1n) is 10.2. The summed E-state index contributed by atoms with van der Waals surface area (Å²) in [7, 11) is 0. The maximum atomic E-state index is 8.21. The summed E-state index contributed by atoms with van der Waals surface area (Å²) in [6.45, 7) is 2.09. The number of nitrogens with zero attached hydrogens (tertiary/aromatic N) is 1. The van der Waals surface area contributed by atoms with Crippen LogP contribution in [0, 0.1) is 18.3 Å². The molecule has 0 radical (unpaired) electrons. The number of aromatic amines is 1. The number of aromatic nitrogens is 2. The van der Waals surface area contributed by atoms with E-state index < -0.39 is 0 Å². The van der Waals surface area contributed by atoms with Crippen LogP contribution in [0.25, 0.3) is 21.9 Å². The summed E-state index contributed by atoms with van der Waals surface area (Å²) in [4.78, 5) is 9.24. The third-order valence-electron chi connectivity index (χ3n) is 5.30. The smallest absolute Gasteiger partial charge is 0.146 e. The number of nitrogens with one attached hydrogen (secondary N) is 3. The Morgan fingerprint density at radius 2 is 1.81 bits per heavy atom. The lowest BCUT2D eigenvalue weighted by Gasteiger charge is -2.11. The molecule has 31 heavy (non-hydrogen) atoms. The molecule has 1 unspecified atom stereocenters. The Hall–Kier alpha value is -3.57. The summed E-state index contributed by atoms with van der Waals surface area (Å²) >= 11 is 1.66. The molecule has 0 spiro atoms. The normalized spacial score (nSPS) is 19.3. The second-order valence-corrected chi connectivity index (χ2v) is 8.62. The molecule has 5 rings (SSSR count). The Labute approximate surface area is 186 Å². The van der Waals surface area contributed by atoms with Gasteiger partial charge in [-0.1, -0.05) is 90.2 Å². The minimum absolute atomic E-state index is 0.0323.